The molecule has 3 N–H and O–H groups in total. The van der Waals surface area contributed by atoms with Crippen molar-refractivity contribution < 1.29 is 19.6 Å². The highest BCUT2D eigenvalue weighted by Crippen LogP contribution is 2.35. The van der Waals surface area contributed by atoms with Crippen LogP contribution in [-0.2, 0) is 4.79 Å². The molecule has 0 fully saturated rings. The highest BCUT2D eigenvalue weighted by Gasteiger charge is 2.30. The number of carboxylic acids is 1. The number of rotatable bonds is 3. The highest BCUT2D eigenvalue weighted by molar-refractivity contribution is 5.91. The number of aliphatic carboxylic acids is 1. The number of carbonyl (C=O) groups is 2. The zero-order chi connectivity index (χ0) is 15.6. The summed E-state index contributed by atoms with van der Waals surface area (Å²) in [5.74, 6) is -2.12. The van der Waals surface area contributed by atoms with Crippen LogP contribution in [0.25, 0.3) is 0 Å². The van der Waals surface area contributed by atoms with Gasteiger partial charge in [0.05, 0.1) is 10.5 Å². The minimum Gasteiger partial charge on any atom is -0.478 e. The zero-order valence-electron chi connectivity index (χ0n) is 10.7. The summed E-state index contributed by atoms with van der Waals surface area (Å²) < 4.78 is 0. The minimum absolute atomic E-state index is 0.175. The van der Waals surface area contributed by atoms with Gasteiger partial charge in [-0.15, -0.1) is 0 Å². The first-order valence-corrected chi connectivity index (χ1v) is 5.86. The van der Waals surface area contributed by atoms with E-state index in [-0.39, 0.29) is 16.8 Å². The van der Waals surface area contributed by atoms with Crippen LogP contribution in [0, 0.1) is 10.1 Å². The number of allylic oxidation sites excluding steroid dienone is 1. The molecule has 1 aliphatic heterocycles. The molecule has 1 aromatic rings. The Bertz CT molecular complexity index is 680. The number of nitro groups is 1. The highest BCUT2D eigenvalue weighted by atomic mass is 16.6. The van der Waals surface area contributed by atoms with Crippen LogP contribution in [0.3, 0.4) is 0 Å². The predicted octanol–water partition coefficient (Wildman–Crippen LogP) is 1.55. The van der Waals surface area contributed by atoms with Crippen molar-refractivity contribution in [3.05, 3.63) is 64.0 Å². The summed E-state index contributed by atoms with van der Waals surface area (Å²) in [7, 11) is 0. The molecule has 0 saturated heterocycles. The van der Waals surface area contributed by atoms with E-state index in [4.69, 9.17) is 5.73 Å². The fourth-order valence-electron chi connectivity index (χ4n) is 2.07. The zero-order valence-corrected chi connectivity index (χ0v) is 10.7. The molecule has 1 aliphatic rings. The van der Waals surface area contributed by atoms with Crippen molar-refractivity contribution in [1.29, 1.82) is 0 Å². The number of nitrogens with two attached hydrogens (primary N) is 1. The summed E-state index contributed by atoms with van der Waals surface area (Å²) in [6.45, 7) is 0. The first-order chi connectivity index (χ1) is 9.91. The Kier molecular flexibility index (Phi) is 3.70. The molecular formula is C13H11N3O5. The van der Waals surface area contributed by atoms with Gasteiger partial charge in [0.25, 0.3) is 5.69 Å². The van der Waals surface area contributed by atoms with E-state index in [9.17, 15) is 24.8 Å². The topological polar surface area (TPSA) is 127 Å². The predicted molar refractivity (Wildman–Crippen MR) is 72.1 cm³/mol. The number of carboxylic acid groups (broad SMARTS) is 1. The summed E-state index contributed by atoms with van der Waals surface area (Å²) in [5.41, 5.74) is 4.95. The Hall–Kier alpha value is -3.16. The van der Waals surface area contributed by atoms with Gasteiger partial charge in [-0.3, -0.25) is 15.0 Å². The normalized spacial score (nSPS) is 17.2. The minimum atomic E-state index is -1.28. The molecule has 0 aromatic heterocycles. The fraction of sp³-hybridized carbons (Fsp3) is 0.0769. The van der Waals surface area contributed by atoms with Crippen molar-refractivity contribution >= 4 is 17.7 Å². The number of nitrogens with zero attached hydrogens (tertiary/aromatic N) is 2. The third kappa shape index (κ3) is 2.73. The maximum Gasteiger partial charge on any atom is 0.334 e. The van der Waals surface area contributed by atoms with Gasteiger partial charge in [0.15, 0.2) is 0 Å². The largest absolute Gasteiger partial charge is 0.478 e. The third-order valence-corrected chi connectivity index (χ3v) is 3.02. The van der Waals surface area contributed by atoms with Crippen LogP contribution in [0.5, 0.6) is 0 Å². The molecule has 8 nitrogen and oxygen atoms in total. The number of carbonyl (C=O) groups excluding carboxylic acids is 1. The van der Waals surface area contributed by atoms with Crippen molar-refractivity contribution in [3.8, 4) is 0 Å². The first kappa shape index (κ1) is 14.3. The number of hydrogen-bond donors (Lipinski definition) is 2. The van der Waals surface area contributed by atoms with Gasteiger partial charge in [-0.25, -0.2) is 9.59 Å². The van der Waals surface area contributed by atoms with Gasteiger partial charge in [-0.1, -0.05) is 24.3 Å². The van der Waals surface area contributed by atoms with Crippen LogP contribution in [0.4, 0.5) is 10.5 Å². The Morgan fingerprint density at radius 3 is 2.57 bits per heavy atom. The molecule has 0 bridgehead atoms. The van der Waals surface area contributed by atoms with Crippen molar-refractivity contribution in [2.45, 2.75) is 5.92 Å². The molecule has 1 unspecified atom stereocenters. The smallest absolute Gasteiger partial charge is 0.334 e. The average Bonchev–Trinajstić information content (AvgIpc) is 2.46. The third-order valence-electron chi connectivity index (χ3n) is 3.02. The summed E-state index contributed by atoms with van der Waals surface area (Å²) in [5, 5.41) is 20.3. The van der Waals surface area contributed by atoms with Crippen molar-refractivity contribution in [1.82, 2.24) is 4.90 Å². The van der Waals surface area contributed by atoms with Crippen LogP contribution in [0.15, 0.2) is 48.3 Å². The second-order valence-electron chi connectivity index (χ2n) is 4.27. The molecule has 0 aliphatic carbocycles. The van der Waals surface area contributed by atoms with Gasteiger partial charge in [-0.2, -0.15) is 0 Å². The molecule has 1 aromatic carbocycles. The SMILES string of the molecule is NC(=O)N1C=CC(c2ccccc2[N+](=O)[O-])C(C(=O)O)=C1. The molecule has 1 atom stereocenters. The van der Waals surface area contributed by atoms with E-state index in [2.05, 4.69) is 0 Å². The number of primary amides is 1. The second kappa shape index (κ2) is 5.45. The van der Waals surface area contributed by atoms with E-state index in [1.807, 2.05) is 0 Å². The van der Waals surface area contributed by atoms with Crippen LogP contribution in [-0.4, -0.2) is 26.9 Å². The Labute approximate surface area is 118 Å². The molecule has 108 valence electrons. The Morgan fingerprint density at radius 2 is 2.00 bits per heavy atom. The van der Waals surface area contributed by atoms with Crippen LogP contribution >= 0.6 is 0 Å². The number of urea groups is 1. The van der Waals surface area contributed by atoms with E-state index in [0.717, 1.165) is 11.1 Å². The van der Waals surface area contributed by atoms with Gasteiger partial charge in [0, 0.05) is 29.9 Å². The Balaban J connectivity index is 2.52. The van der Waals surface area contributed by atoms with E-state index in [1.165, 1.54) is 30.5 Å². The number of hydrogen-bond acceptors (Lipinski definition) is 4. The van der Waals surface area contributed by atoms with E-state index in [0.29, 0.717) is 0 Å². The lowest BCUT2D eigenvalue weighted by atomic mass is 9.89. The molecular weight excluding hydrogens is 278 g/mol. The van der Waals surface area contributed by atoms with Crippen LogP contribution in [0.2, 0.25) is 0 Å². The van der Waals surface area contributed by atoms with E-state index >= 15 is 0 Å². The number of nitro benzene ring substituents is 1. The van der Waals surface area contributed by atoms with E-state index in [1.54, 1.807) is 6.07 Å². The van der Waals surface area contributed by atoms with Gasteiger partial charge < -0.3 is 10.8 Å². The Morgan fingerprint density at radius 1 is 1.33 bits per heavy atom. The lowest BCUT2D eigenvalue weighted by Crippen LogP contribution is -2.30. The molecule has 8 heteroatoms. The van der Waals surface area contributed by atoms with Crippen LogP contribution < -0.4 is 5.73 Å². The molecule has 2 amide bonds. The van der Waals surface area contributed by atoms with Crippen molar-refractivity contribution in [2.24, 2.45) is 5.73 Å². The van der Waals surface area contributed by atoms with E-state index < -0.39 is 22.8 Å². The van der Waals surface area contributed by atoms with Gasteiger partial charge in [0.1, 0.15) is 0 Å². The second-order valence-corrected chi connectivity index (χ2v) is 4.27. The van der Waals surface area contributed by atoms with Crippen molar-refractivity contribution in [3.63, 3.8) is 0 Å². The monoisotopic (exact) mass is 289 g/mol. The van der Waals surface area contributed by atoms with Gasteiger partial charge in [0.2, 0.25) is 0 Å². The molecule has 0 spiro atoms. The lowest BCUT2D eigenvalue weighted by Gasteiger charge is -2.22. The number of benzene rings is 1. The molecule has 0 radical (unpaired) electrons. The number of para-hydroxylation sites is 1. The average molecular weight is 289 g/mol. The van der Waals surface area contributed by atoms with Gasteiger partial charge in [-0.05, 0) is 0 Å². The molecule has 1 heterocycles. The first-order valence-electron chi connectivity index (χ1n) is 5.86. The fourth-order valence-corrected chi connectivity index (χ4v) is 2.07. The summed E-state index contributed by atoms with van der Waals surface area (Å²) in [6.07, 6.45) is 3.73. The summed E-state index contributed by atoms with van der Waals surface area (Å²) >= 11 is 0. The summed E-state index contributed by atoms with van der Waals surface area (Å²) in [6, 6.07) is 5.00. The maximum absolute atomic E-state index is 11.3. The summed E-state index contributed by atoms with van der Waals surface area (Å²) in [4.78, 5) is 33.8. The quantitative estimate of drug-likeness (QED) is 0.644. The molecule has 21 heavy (non-hydrogen) atoms. The van der Waals surface area contributed by atoms with Crippen molar-refractivity contribution in [2.75, 3.05) is 0 Å². The number of amides is 2. The lowest BCUT2D eigenvalue weighted by molar-refractivity contribution is -0.385. The van der Waals surface area contributed by atoms with Gasteiger partial charge >= 0.3 is 12.0 Å². The standard InChI is InChI=1S/C13H11N3O5/c14-13(19)15-6-5-8(10(7-15)12(17)18)9-3-1-2-4-11(9)16(20)21/h1-8H,(H2,14,19)(H,17,18). The molecule has 0 saturated carbocycles. The van der Waals surface area contributed by atoms with Crippen LogP contribution in [0.1, 0.15) is 11.5 Å². The maximum atomic E-state index is 11.3. The molecule has 2 rings (SSSR count).